The zero-order chi connectivity index (χ0) is 16.8. The van der Waals surface area contributed by atoms with E-state index in [4.69, 9.17) is 9.47 Å². The number of carbonyl (C=O) groups excluding carboxylic acids is 1. The number of rotatable bonds is 5. The fourth-order valence-electron chi connectivity index (χ4n) is 2.65. The van der Waals surface area contributed by atoms with Gasteiger partial charge in [-0.15, -0.1) is 0 Å². The lowest BCUT2D eigenvalue weighted by Crippen LogP contribution is -2.36. The molecule has 24 heavy (non-hydrogen) atoms. The van der Waals surface area contributed by atoms with Crippen molar-refractivity contribution in [3.8, 4) is 5.75 Å². The maximum atomic E-state index is 12.4. The highest BCUT2D eigenvalue weighted by Gasteiger charge is 2.14. The van der Waals surface area contributed by atoms with Crippen molar-refractivity contribution in [1.29, 1.82) is 0 Å². The molecule has 1 aliphatic rings. The van der Waals surface area contributed by atoms with E-state index in [0.717, 1.165) is 37.7 Å². The molecule has 2 heterocycles. The molecule has 0 unspecified atom stereocenters. The van der Waals surface area contributed by atoms with Crippen molar-refractivity contribution in [3.63, 3.8) is 0 Å². The first kappa shape index (κ1) is 16.3. The lowest BCUT2D eigenvalue weighted by atomic mass is 10.1. The average molecular weight is 327 g/mol. The fourth-order valence-corrected chi connectivity index (χ4v) is 2.65. The molecule has 1 amide bonds. The Kier molecular flexibility index (Phi) is 5.28. The molecule has 126 valence electrons. The predicted octanol–water partition coefficient (Wildman–Crippen LogP) is 1.86. The second kappa shape index (κ2) is 7.79. The molecule has 0 spiro atoms. The Bertz CT molecular complexity index is 699. The second-order valence-electron chi connectivity index (χ2n) is 5.50. The monoisotopic (exact) mass is 327 g/mol. The predicted molar refractivity (Wildman–Crippen MR) is 91.4 cm³/mol. The van der Waals surface area contributed by atoms with Crippen LogP contribution < -0.4 is 15.0 Å². The number of anilines is 1. The van der Waals surface area contributed by atoms with Gasteiger partial charge in [0.25, 0.3) is 5.91 Å². The van der Waals surface area contributed by atoms with Crippen LogP contribution in [0.2, 0.25) is 0 Å². The second-order valence-corrected chi connectivity index (χ2v) is 5.50. The molecule has 6 heteroatoms. The first-order chi connectivity index (χ1) is 11.8. The van der Waals surface area contributed by atoms with Gasteiger partial charge in [0, 0.05) is 25.8 Å². The SMILES string of the molecule is COc1ccccc1C(=O)NCc1ccnc(N2CCOCC2)c1. The molecule has 0 aliphatic carbocycles. The van der Waals surface area contributed by atoms with E-state index in [1.807, 2.05) is 24.3 Å². The molecule has 1 saturated heterocycles. The van der Waals surface area contributed by atoms with Crippen molar-refractivity contribution >= 4 is 11.7 Å². The van der Waals surface area contributed by atoms with Crippen LogP contribution in [-0.4, -0.2) is 44.3 Å². The number of hydrogen-bond acceptors (Lipinski definition) is 5. The van der Waals surface area contributed by atoms with Crippen molar-refractivity contribution in [2.75, 3.05) is 38.3 Å². The summed E-state index contributed by atoms with van der Waals surface area (Å²) >= 11 is 0. The van der Waals surface area contributed by atoms with Crippen LogP contribution in [-0.2, 0) is 11.3 Å². The van der Waals surface area contributed by atoms with Crippen LogP contribution in [0.15, 0.2) is 42.6 Å². The van der Waals surface area contributed by atoms with Crippen molar-refractivity contribution < 1.29 is 14.3 Å². The molecule has 6 nitrogen and oxygen atoms in total. The molecule has 0 saturated carbocycles. The van der Waals surface area contributed by atoms with Crippen LogP contribution in [0.4, 0.5) is 5.82 Å². The summed E-state index contributed by atoms with van der Waals surface area (Å²) in [6.07, 6.45) is 1.77. The number of amides is 1. The number of hydrogen-bond donors (Lipinski definition) is 1. The maximum absolute atomic E-state index is 12.4. The molecule has 0 radical (unpaired) electrons. The summed E-state index contributed by atoms with van der Waals surface area (Å²) in [6, 6.07) is 11.1. The standard InChI is InChI=1S/C18H21N3O3/c1-23-16-5-3-2-4-15(16)18(22)20-13-14-6-7-19-17(12-14)21-8-10-24-11-9-21/h2-7,12H,8-11,13H2,1H3,(H,20,22). The first-order valence-electron chi connectivity index (χ1n) is 7.97. The quantitative estimate of drug-likeness (QED) is 0.908. The Labute approximate surface area is 141 Å². The minimum absolute atomic E-state index is 0.155. The van der Waals surface area contributed by atoms with Gasteiger partial charge in [-0.2, -0.15) is 0 Å². The van der Waals surface area contributed by atoms with Gasteiger partial charge in [-0.05, 0) is 29.8 Å². The first-order valence-corrected chi connectivity index (χ1v) is 7.97. The van der Waals surface area contributed by atoms with E-state index in [1.165, 1.54) is 0 Å². The summed E-state index contributed by atoms with van der Waals surface area (Å²) in [4.78, 5) is 19.0. The molecule has 1 aliphatic heterocycles. The molecule has 0 bridgehead atoms. The molecular weight excluding hydrogens is 306 g/mol. The molecule has 0 atom stereocenters. The third-order valence-electron chi connectivity index (χ3n) is 3.95. The number of morpholine rings is 1. The Hall–Kier alpha value is -2.60. The van der Waals surface area contributed by atoms with Crippen molar-refractivity contribution in [2.24, 2.45) is 0 Å². The van der Waals surface area contributed by atoms with Crippen molar-refractivity contribution in [2.45, 2.75) is 6.54 Å². The molecule has 1 N–H and O–H groups in total. The van der Waals surface area contributed by atoms with Crippen LogP contribution in [0, 0.1) is 0 Å². The Morgan fingerprint density at radius 1 is 1.29 bits per heavy atom. The number of methoxy groups -OCH3 is 1. The molecule has 2 aromatic rings. The van der Waals surface area contributed by atoms with Crippen LogP contribution in [0.5, 0.6) is 5.75 Å². The van der Waals surface area contributed by atoms with Crippen LogP contribution >= 0.6 is 0 Å². The van der Waals surface area contributed by atoms with Gasteiger partial charge in [0.15, 0.2) is 0 Å². The zero-order valence-electron chi connectivity index (χ0n) is 13.7. The van der Waals surface area contributed by atoms with Gasteiger partial charge >= 0.3 is 0 Å². The minimum Gasteiger partial charge on any atom is -0.496 e. The minimum atomic E-state index is -0.155. The smallest absolute Gasteiger partial charge is 0.255 e. The van der Waals surface area contributed by atoms with E-state index in [-0.39, 0.29) is 5.91 Å². The number of pyridine rings is 1. The van der Waals surface area contributed by atoms with E-state index < -0.39 is 0 Å². The van der Waals surface area contributed by atoms with E-state index in [0.29, 0.717) is 17.9 Å². The summed E-state index contributed by atoms with van der Waals surface area (Å²) < 4.78 is 10.6. The molecule has 1 aromatic heterocycles. The normalized spacial score (nSPS) is 14.3. The molecule has 1 fully saturated rings. The highest BCUT2D eigenvalue weighted by atomic mass is 16.5. The van der Waals surface area contributed by atoms with Gasteiger partial charge in [-0.1, -0.05) is 12.1 Å². The molecule has 3 rings (SSSR count). The van der Waals surface area contributed by atoms with E-state index >= 15 is 0 Å². The van der Waals surface area contributed by atoms with Gasteiger partial charge in [-0.25, -0.2) is 4.98 Å². The summed E-state index contributed by atoms with van der Waals surface area (Å²) in [5, 5.41) is 2.93. The van der Waals surface area contributed by atoms with Crippen LogP contribution in [0.1, 0.15) is 15.9 Å². The van der Waals surface area contributed by atoms with E-state index in [1.54, 1.807) is 25.4 Å². The number of ether oxygens (including phenoxy) is 2. The molecular formula is C18H21N3O3. The number of benzene rings is 1. The fraction of sp³-hybridized carbons (Fsp3) is 0.333. The summed E-state index contributed by atoms with van der Waals surface area (Å²) in [6.45, 7) is 3.55. The number of carbonyl (C=O) groups is 1. The third-order valence-corrected chi connectivity index (χ3v) is 3.95. The summed E-state index contributed by atoms with van der Waals surface area (Å²) in [7, 11) is 1.56. The van der Waals surface area contributed by atoms with Gasteiger partial charge in [0.05, 0.1) is 25.9 Å². The molecule has 1 aromatic carbocycles. The van der Waals surface area contributed by atoms with Gasteiger partial charge < -0.3 is 19.7 Å². The summed E-state index contributed by atoms with van der Waals surface area (Å²) in [5.74, 6) is 1.33. The van der Waals surface area contributed by atoms with Crippen molar-refractivity contribution in [1.82, 2.24) is 10.3 Å². The topological polar surface area (TPSA) is 63.7 Å². The van der Waals surface area contributed by atoms with Gasteiger partial charge in [0.1, 0.15) is 11.6 Å². The van der Waals surface area contributed by atoms with Crippen LogP contribution in [0.3, 0.4) is 0 Å². The number of para-hydroxylation sites is 1. The summed E-state index contributed by atoms with van der Waals surface area (Å²) in [5.41, 5.74) is 1.54. The Balaban J connectivity index is 1.65. The van der Waals surface area contributed by atoms with Crippen molar-refractivity contribution in [3.05, 3.63) is 53.7 Å². The Morgan fingerprint density at radius 2 is 2.08 bits per heavy atom. The Morgan fingerprint density at radius 3 is 2.88 bits per heavy atom. The number of nitrogens with one attached hydrogen (secondary N) is 1. The van der Waals surface area contributed by atoms with E-state index in [2.05, 4.69) is 15.2 Å². The van der Waals surface area contributed by atoms with E-state index in [9.17, 15) is 4.79 Å². The largest absolute Gasteiger partial charge is 0.496 e. The van der Waals surface area contributed by atoms with Crippen LogP contribution in [0.25, 0.3) is 0 Å². The number of nitrogens with zero attached hydrogens (tertiary/aromatic N) is 2. The highest BCUT2D eigenvalue weighted by Crippen LogP contribution is 2.18. The third kappa shape index (κ3) is 3.83. The van der Waals surface area contributed by atoms with Gasteiger partial charge in [-0.3, -0.25) is 4.79 Å². The highest BCUT2D eigenvalue weighted by molar-refractivity contribution is 5.96. The lowest BCUT2D eigenvalue weighted by Gasteiger charge is -2.28. The number of aromatic nitrogens is 1. The average Bonchev–Trinajstić information content (AvgIpc) is 2.67. The maximum Gasteiger partial charge on any atom is 0.255 e. The zero-order valence-corrected chi connectivity index (χ0v) is 13.7. The van der Waals surface area contributed by atoms with Gasteiger partial charge in [0.2, 0.25) is 0 Å². The lowest BCUT2D eigenvalue weighted by molar-refractivity contribution is 0.0948.